The number of anilines is 2. The molecule has 0 spiro atoms. The van der Waals surface area contributed by atoms with Crippen LogP contribution in [0.2, 0.25) is 0 Å². The van der Waals surface area contributed by atoms with Gasteiger partial charge in [-0.1, -0.05) is 12.8 Å². The van der Waals surface area contributed by atoms with Gasteiger partial charge in [0.25, 0.3) is 0 Å². The van der Waals surface area contributed by atoms with Gasteiger partial charge < -0.3 is 11.1 Å². The lowest BCUT2D eigenvalue weighted by Crippen LogP contribution is -2.36. The fourth-order valence-corrected chi connectivity index (χ4v) is 3.76. The summed E-state index contributed by atoms with van der Waals surface area (Å²) in [5, 5.41) is 6.90. The van der Waals surface area contributed by atoms with Crippen LogP contribution in [0.15, 0.2) is 6.20 Å². The second-order valence-electron chi connectivity index (χ2n) is 7.71. The summed E-state index contributed by atoms with van der Waals surface area (Å²) in [6.07, 6.45) is -0.843. The van der Waals surface area contributed by atoms with Crippen LogP contribution in [0.5, 0.6) is 0 Å². The molecule has 1 amide bonds. The molecule has 1 atom stereocenters. The maximum absolute atomic E-state index is 13.5. The van der Waals surface area contributed by atoms with E-state index in [-0.39, 0.29) is 46.6 Å². The summed E-state index contributed by atoms with van der Waals surface area (Å²) in [4.78, 5) is 29.3. The topological polar surface area (TPSA) is 124 Å². The van der Waals surface area contributed by atoms with Crippen LogP contribution >= 0.6 is 0 Å². The molecule has 34 heavy (non-hydrogen) atoms. The minimum absolute atomic E-state index is 0.00174. The van der Waals surface area contributed by atoms with Crippen molar-refractivity contribution in [1.29, 1.82) is 0 Å². The minimum Gasteiger partial charge on any atom is -0.383 e. The number of rotatable bonds is 5. The van der Waals surface area contributed by atoms with E-state index in [4.69, 9.17) is 12.2 Å². The number of nitrogens with one attached hydrogen (secondary N) is 1. The minimum atomic E-state index is -5.70. The Kier molecular flexibility index (Phi) is 5.18. The smallest absolute Gasteiger partial charge is 0.383 e. The standard InChI is InChI=1S/C20H17F5N8O/c1-4-18(5-2)11-13(26)30-15(31-14(11)32-17(18)34)12-9-8-27-33(3)16(9)29-10(28-12)6-7-19(21,22)20(23,24)25/h1,8H,5-7H2,2-3H3,(H3,26,30,31,32,34). The van der Waals surface area contributed by atoms with Gasteiger partial charge >= 0.3 is 12.1 Å². The molecule has 0 radical (unpaired) electrons. The molecule has 4 heterocycles. The third-order valence-corrected chi connectivity index (χ3v) is 5.69. The molecule has 0 aromatic carbocycles. The van der Waals surface area contributed by atoms with E-state index in [1.165, 1.54) is 17.9 Å². The zero-order chi connectivity index (χ0) is 25.1. The molecule has 178 valence electrons. The van der Waals surface area contributed by atoms with Crippen LogP contribution < -0.4 is 11.1 Å². The van der Waals surface area contributed by atoms with Gasteiger partial charge in [0, 0.05) is 19.9 Å². The number of carbonyl (C=O) groups is 1. The second-order valence-corrected chi connectivity index (χ2v) is 7.71. The highest BCUT2D eigenvalue weighted by atomic mass is 19.4. The third kappa shape index (κ3) is 3.39. The normalized spacial score (nSPS) is 18.1. The van der Waals surface area contributed by atoms with E-state index < -0.39 is 36.3 Å². The third-order valence-electron chi connectivity index (χ3n) is 5.69. The number of aromatic nitrogens is 6. The second kappa shape index (κ2) is 7.57. The molecule has 0 aliphatic carbocycles. The number of nitrogens with zero attached hydrogens (tertiary/aromatic N) is 6. The molecule has 3 aromatic rings. The first-order chi connectivity index (χ1) is 15.8. The highest BCUT2D eigenvalue weighted by molar-refractivity contribution is 6.09. The van der Waals surface area contributed by atoms with Crippen LogP contribution in [0, 0.1) is 12.3 Å². The van der Waals surface area contributed by atoms with Crippen LogP contribution in [-0.4, -0.2) is 47.7 Å². The SMILES string of the molecule is C#CC1(CC)C(=O)Nc2nc(-c3nc(CCC(F)(F)C(F)(F)F)nc4c3cnn4C)nc(N)c21. The van der Waals surface area contributed by atoms with Crippen LogP contribution in [-0.2, 0) is 23.7 Å². The zero-order valence-electron chi connectivity index (χ0n) is 17.8. The lowest BCUT2D eigenvalue weighted by atomic mass is 9.81. The summed E-state index contributed by atoms with van der Waals surface area (Å²) in [5.41, 5.74) is 5.16. The van der Waals surface area contributed by atoms with Gasteiger partial charge in [-0.25, -0.2) is 19.9 Å². The molecular formula is C20H17F5N8O. The lowest BCUT2D eigenvalue weighted by molar-refractivity contribution is -0.284. The summed E-state index contributed by atoms with van der Waals surface area (Å²) in [7, 11) is 1.51. The molecule has 0 bridgehead atoms. The molecule has 3 N–H and O–H groups in total. The average Bonchev–Trinajstić information content (AvgIpc) is 3.28. The predicted octanol–water partition coefficient (Wildman–Crippen LogP) is 2.77. The Morgan fingerprint density at radius 3 is 2.53 bits per heavy atom. The molecule has 0 saturated carbocycles. The Bertz CT molecular complexity index is 1360. The number of halogens is 5. The first kappa shape index (κ1) is 23.3. The van der Waals surface area contributed by atoms with Crippen molar-refractivity contribution in [1.82, 2.24) is 29.7 Å². The van der Waals surface area contributed by atoms with E-state index in [2.05, 4.69) is 36.3 Å². The van der Waals surface area contributed by atoms with Crippen molar-refractivity contribution in [3.05, 3.63) is 17.6 Å². The molecule has 14 heteroatoms. The number of alkyl halides is 5. The van der Waals surface area contributed by atoms with Crippen molar-refractivity contribution in [2.24, 2.45) is 7.05 Å². The molecule has 0 fully saturated rings. The Morgan fingerprint density at radius 2 is 1.91 bits per heavy atom. The van der Waals surface area contributed by atoms with Crippen molar-refractivity contribution in [3.63, 3.8) is 0 Å². The number of hydrogen-bond donors (Lipinski definition) is 2. The van der Waals surface area contributed by atoms with Crippen molar-refractivity contribution >= 4 is 28.6 Å². The molecule has 1 unspecified atom stereocenters. The fourth-order valence-electron chi connectivity index (χ4n) is 3.76. The van der Waals surface area contributed by atoms with E-state index in [1.54, 1.807) is 6.92 Å². The van der Waals surface area contributed by atoms with Crippen LogP contribution in [0.3, 0.4) is 0 Å². The summed E-state index contributed by atoms with van der Waals surface area (Å²) < 4.78 is 66.0. The molecule has 4 rings (SSSR count). The predicted molar refractivity (Wildman–Crippen MR) is 110 cm³/mol. The van der Waals surface area contributed by atoms with E-state index in [0.717, 1.165) is 0 Å². The van der Waals surface area contributed by atoms with Crippen molar-refractivity contribution in [3.8, 4) is 23.9 Å². The van der Waals surface area contributed by atoms with E-state index in [9.17, 15) is 26.7 Å². The van der Waals surface area contributed by atoms with Gasteiger partial charge in [-0.3, -0.25) is 9.48 Å². The van der Waals surface area contributed by atoms with E-state index in [0.29, 0.717) is 5.39 Å². The number of terminal acetylenes is 1. The summed E-state index contributed by atoms with van der Waals surface area (Å²) >= 11 is 0. The molecule has 1 aliphatic heterocycles. The fraction of sp³-hybridized carbons (Fsp3) is 0.400. The molecule has 1 aliphatic rings. The number of nitrogens with two attached hydrogens (primary N) is 1. The van der Waals surface area contributed by atoms with E-state index >= 15 is 0 Å². The summed E-state index contributed by atoms with van der Waals surface area (Å²) in [6.45, 7) is 1.70. The lowest BCUT2D eigenvalue weighted by Gasteiger charge is -2.19. The summed E-state index contributed by atoms with van der Waals surface area (Å²) in [5.74, 6) is -3.42. The van der Waals surface area contributed by atoms with Gasteiger partial charge in [0.15, 0.2) is 11.5 Å². The average molecular weight is 480 g/mol. The Balaban J connectivity index is 1.83. The number of fused-ring (bicyclic) bond motifs is 2. The highest BCUT2D eigenvalue weighted by Gasteiger charge is 2.56. The highest BCUT2D eigenvalue weighted by Crippen LogP contribution is 2.43. The Hall–Kier alpha value is -3.89. The van der Waals surface area contributed by atoms with Crippen molar-refractivity contribution < 1.29 is 26.7 Å². The first-order valence-electron chi connectivity index (χ1n) is 9.95. The monoisotopic (exact) mass is 480 g/mol. The zero-order valence-corrected chi connectivity index (χ0v) is 17.8. The molecule has 3 aromatic heterocycles. The van der Waals surface area contributed by atoms with Crippen molar-refractivity contribution in [2.75, 3.05) is 11.1 Å². The van der Waals surface area contributed by atoms with Gasteiger partial charge in [0.2, 0.25) is 5.91 Å². The quantitative estimate of drug-likeness (QED) is 0.425. The number of amides is 1. The van der Waals surface area contributed by atoms with Gasteiger partial charge in [-0.2, -0.15) is 27.1 Å². The summed E-state index contributed by atoms with van der Waals surface area (Å²) in [6, 6.07) is 0. The Morgan fingerprint density at radius 1 is 1.21 bits per heavy atom. The van der Waals surface area contributed by atoms with Gasteiger partial charge in [-0.15, -0.1) is 6.42 Å². The Labute approximate surface area is 189 Å². The van der Waals surface area contributed by atoms with Crippen molar-refractivity contribution in [2.45, 2.75) is 43.7 Å². The maximum Gasteiger partial charge on any atom is 0.453 e. The van der Waals surface area contributed by atoms with E-state index in [1.807, 2.05) is 0 Å². The first-order valence-corrected chi connectivity index (χ1v) is 9.95. The largest absolute Gasteiger partial charge is 0.453 e. The molecular weight excluding hydrogens is 463 g/mol. The molecule has 9 nitrogen and oxygen atoms in total. The molecule has 0 saturated heterocycles. The van der Waals surface area contributed by atoms with Gasteiger partial charge in [0.1, 0.15) is 28.6 Å². The van der Waals surface area contributed by atoms with Gasteiger partial charge in [0.05, 0.1) is 17.1 Å². The van der Waals surface area contributed by atoms with Crippen LogP contribution in [0.25, 0.3) is 22.6 Å². The number of nitrogen functional groups attached to an aromatic ring is 1. The number of aryl methyl sites for hydroxylation is 2. The maximum atomic E-state index is 13.5. The number of hydrogen-bond acceptors (Lipinski definition) is 7. The van der Waals surface area contributed by atoms with Crippen LogP contribution in [0.1, 0.15) is 31.2 Å². The van der Waals surface area contributed by atoms with Crippen LogP contribution in [0.4, 0.5) is 33.6 Å². The number of carbonyl (C=O) groups excluding carboxylic acids is 1. The van der Waals surface area contributed by atoms with Gasteiger partial charge in [-0.05, 0) is 6.42 Å².